The number of carbonyl (C=O) groups is 2. The summed E-state index contributed by atoms with van der Waals surface area (Å²) in [7, 11) is 0. The van der Waals surface area contributed by atoms with Crippen LogP contribution in [0.15, 0.2) is 72.5 Å². The summed E-state index contributed by atoms with van der Waals surface area (Å²) >= 11 is 0. The number of hydrogen-bond acceptors (Lipinski definition) is 6. The standard InChI is InChI=1S/C22H12FNO6/c23-15-5-1-13(2-6-15)11-20-21(25)18-10-9-17(12-19(18)30-20)29-22(26)14-3-7-16(8-4-14)24(27)28/h1-12H/b20-11+. The number of non-ortho nitro benzene ring substituents is 1. The van der Waals surface area contributed by atoms with Crippen LogP contribution in [-0.4, -0.2) is 16.7 Å². The van der Waals surface area contributed by atoms with Gasteiger partial charge in [0.25, 0.3) is 5.69 Å². The monoisotopic (exact) mass is 405 g/mol. The molecule has 0 saturated carbocycles. The molecule has 30 heavy (non-hydrogen) atoms. The molecule has 0 spiro atoms. The van der Waals surface area contributed by atoms with E-state index in [9.17, 15) is 24.1 Å². The van der Waals surface area contributed by atoms with Gasteiger partial charge in [-0.2, -0.15) is 0 Å². The smallest absolute Gasteiger partial charge is 0.343 e. The Kier molecular flexibility index (Phi) is 4.81. The molecule has 0 atom stereocenters. The second-order valence-electron chi connectivity index (χ2n) is 6.34. The Hall–Kier alpha value is -4.33. The molecule has 0 bridgehead atoms. The van der Waals surface area contributed by atoms with E-state index in [4.69, 9.17) is 9.47 Å². The first kappa shape index (κ1) is 19.0. The number of carbonyl (C=O) groups excluding carboxylic acids is 2. The normalized spacial score (nSPS) is 13.6. The fourth-order valence-electron chi connectivity index (χ4n) is 2.83. The highest BCUT2D eigenvalue weighted by molar-refractivity contribution is 6.14. The SMILES string of the molecule is O=C(Oc1ccc2c(c1)O/C(=C/c1ccc(F)cc1)C2=O)c1ccc([N+](=O)[O-])cc1. The van der Waals surface area contributed by atoms with E-state index in [0.29, 0.717) is 11.1 Å². The maximum Gasteiger partial charge on any atom is 0.343 e. The van der Waals surface area contributed by atoms with Crippen LogP contribution in [0.4, 0.5) is 10.1 Å². The van der Waals surface area contributed by atoms with Gasteiger partial charge in [0.05, 0.1) is 16.1 Å². The van der Waals surface area contributed by atoms with Gasteiger partial charge < -0.3 is 9.47 Å². The van der Waals surface area contributed by atoms with Crippen molar-refractivity contribution in [2.75, 3.05) is 0 Å². The van der Waals surface area contributed by atoms with Gasteiger partial charge in [-0.25, -0.2) is 9.18 Å². The molecule has 0 unspecified atom stereocenters. The van der Waals surface area contributed by atoms with Crippen molar-refractivity contribution in [3.8, 4) is 11.5 Å². The average Bonchev–Trinajstić information content (AvgIpc) is 3.04. The molecule has 3 aromatic carbocycles. The van der Waals surface area contributed by atoms with Gasteiger partial charge in [0.2, 0.25) is 5.78 Å². The predicted molar refractivity (Wildman–Crippen MR) is 104 cm³/mol. The highest BCUT2D eigenvalue weighted by Gasteiger charge is 2.28. The predicted octanol–water partition coefficient (Wildman–Crippen LogP) is 4.57. The van der Waals surface area contributed by atoms with Crippen LogP contribution in [0.2, 0.25) is 0 Å². The van der Waals surface area contributed by atoms with E-state index >= 15 is 0 Å². The van der Waals surface area contributed by atoms with E-state index in [1.54, 1.807) is 0 Å². The van der Waals surface area contributed by atoms with Crippen molar-refractivity contribution in [3.05, 3.63) is 105 Å². The summed E-state index contributed by atoms with van der Waals surface area (Å²) in [6.45, 7) is 0. The number of nitro benzene ring substituents is 1. The lowest BCUT2D eigenvalue weighted by Crippen LogP contribution is -2.08. The van der Waals surface area contributed by atoms with E-state index in [0.717, 1.165) is 0 Å². The molecule has 8 heteroatoms. The minimum atomic E-state index is -0.712. The van der Waals surface area contributed by atoms with Crippen LogP contribution in [0.5, 0.6) is 11.5 Å². The topological polar surface area (TPSA) is 95.7 Å². The molecule has 7 nitrogen and oxygen atoms in total. The molecule has 148 valence electrons. The molecule has 3 aromatic rings. The summed E-state index contributed by atoms with van der Waals surface area (Å²) in [6.07, 6.45) is 1.49. The fraction of sp³-hybridized carbons (Fsp3) is 0. The summed E-state index contributed by atoms with van der Waals surface area (Å²) in [4.78, 5) is 34.9. The summed E-state index contributed by atoms with van der Waals surface area (Å²) in [5.74, 6) is -1.01. The Morgan fingerprint density at radius 1 is 1.03 bits per heavy atom. The van der Waals surface area contributed by atoms with E-state index in [1.165, 1.54) is 72.8 Å². The van der Waals surface area contributed by atoms with E-state index in [-0.39, 0.29) is 34.3 Å². The number of allylic oxidation sites excluding steroid dienone is 1. The zero-order valence-corrected chi connectivity index (χ0v) is 15.2. The quantitative estimate of drug-likeness (QED) is 0.207. The molecule has 4 rings (SSSR count). The number of nitro groups is 1. The van der Waals surface area contributed by atoms with E-state index in [1.807, 2.05) is 0 Å². The minimum Gasteiger partial charge on any atom is -0.452 e. The number of esters is 1. The lowest BCUT2D eigenvalue weighted by molar-refractivity contribution is -0.384. The van der Waals surface area contributed by atoms with Crippen LogP contribution in [0.25, 0.3) is 6.08 Å². The molecule has 1 heterocycles. The van der Waals surface area contributed by atoms with Gasteiger partial charge in [0, 0.05) is 18.2 Å². The zero-order valence-electron chi connectivity index (χ0n) is 15.2. The van der Waals surface area contributed by atoms with Crippen molar-refractivity contribution in [3.63, 3.8) is 0 Å². The molecular weight excluding hydrogens is 393 g/mol. The zero-order chi connectivity index (χ0) is 21.3. The summed E-state index contributed by atoms with van der Waals surface area (Å²) in [5.41, 5.74) is 0.891. The number of nitrogens with zero attached hydrogens (tertiary/aromatic N) is 1. The number of ketones is 1. The minimum absolute atomic E-state index is 0.0652. The van der Waals surface area contributed by atoms with Crippen molar-refractivity contribution in [1.29, 1.82) is 0 Å². The van der Waals surface area contributed by atoms with Gasteiger partial charge in [0.1, 0.15) is 17.3 Å². The first-order chi connectivity index (χ1) is 14.4. The first-order valence-electron chi connectivity index (χ1n) is 8.71. The third kappa shape index (κ3) is 3.79. The van der Waals surface area contributed by atoms with Gasteiger partial charge in [-0.15, -0.1) is 0 Å². The number of benzene rings is 3. The maximum absolute atomic E-state index is 13.0. The Balaban J connectivity index is 1.51. The molecule has 0 aromatic heterocycles. The summed E-state index contributed by atoms with van der Waals surface area (Å²) in [5, 5.41) is 10.7. The van der Waals surface area contributed by atoms with Gasteiger partial charge in [-0.1, -0.05) is 12.1 Å². The Bertz CT molecular complexity index is 1200. The number of hydrogen-bond donors (Lipinski definition) is 0. The molecule has 0 N–H and O–H groups in total. The lowest BCUT2D eigenvalue weighted by Gasteiger charge is -2.05. The van der Waals surface area contributed by atoms with Crippen molar-refractivity contribution in [2.45, 2.75) is 0 Å². The number of Topliss-reactive ketones (excluding diaryl/α,β-unsaturated/α-hetero) is 1. The van der Waals surface area contributed by atoms with Gasteiger partial charge in [0.15, 0.2) is 5.76 Å². The molecular formula is C22H12FNO6. The second-order valence-corrected chi connectivity index (χ2v) is 6.34. The third-order valence-corrected chi connectivity index (χ3v) is 4.33. The van der Waals surface area contributed by atoms with E-state index in [2.05, 4.69) is 0 Å². The second kappa shape index (κ2) is 7.59. The Morgan fingerprint density at radius 2 is 1.73 bits per heavy atom. The number of ether oxygens (including phenoxy) is 2. The van der Waals surface area contributed by atoms with Crippen LogP contribution in [0.1, 0.15) is 26.3 Å². The molecule has 1 aliphatic rings. The number of halogens is 1. The Labute approximate surface area is 169 Å². The third-order valence-electron chi connectivity index (χ3n) is 4.33. The summed E-state index contributed by atoms with van der Waals surface area (Å²) < 4.78 is 23.9. The Morgan fingerprint density at radius 3 is 2.40 bits per heavy atom. The van der Waals surface area contributed by atoms with Gasteiger partial charge in [-0.05, 0) is 48.0 Å². The highest BCUT2D eigenvalue weighted by atomic mass is 19.1. The van der Waals surface area contributed by atoms with Crippen LogP contribution in [0, 0.1) is 15.9 Å². The number of rotatable bonds is 4. The maximum atomic E-state index is 13.0. The first-order valence-corrected chi connectivity index (χ1v) is 8.71. The molecule has 1 aliphatic heterocycles. The molecule has 0 aliphatic carbocycles. The van der Waals surface area contributed by atoms with Gasteiger partial charge >= 0.3 is 5.97 Å². The molecule has 0 radical (unpaired) electrons. The molecule has 0 saturated heterocycles. The van der Waals surface area contributed by atoms with Crippen molar-refractivity contribution in [1.82, 2.24) is 0 Å². The van der Waals surface area contributed by atoms with Crippen LogP contribution < -0.4 is 9.47 Å². The summed E-state index contributed by atoms with van der Waals surface area (Å²) in [6, 6.07) is 14.9. The van der Waals surface area contributed by atoms with Crippen LogP contribution in [-0.2, 0) is 0 Å². The number of fused-ring (bicyclic) bond motifs is 1. The van der Waals surface area contributed by atoms with Gasteiger partial charge in [-0.3, -0.25) is 14.9 Å². The van der Waals surface area contributed by atoms with Crippen LogP contribution >= 0.6 is 0 Å². The largest absolute Gasteiger partial charge is 0.452 e. The van der Waals surface area contributed by atoms with E-state index < -0.39 is 16.7 Å². The van der Waals surface area contributed by atoms with Crippen molar-refractivity contribution < 1.29 is 28.4 Å². The molecule has 0 fully saturated rings. The van der Waals surface area contributed by atoms with Crippen molar-refractivity contribution in [2.24, 2.45) is 0 Å². The highest BCUT2D eigenvalue weighted by Crippen LogP contribution is 2.35. The molecule has 0 amide bonds. The fourth-order valence-corrected chi connectivity index (χ4v) is 2.83. The average molecular weight is 405 g/mol. The van der Waals surface area contributed by atoms with Crippen LogP contribution in [0.3, 0.4) is 0 Å². The van der Waals surface area contributed by atoms with Crippen molar-refractivity contribution >= 4 is 23.5 Å². The lowest BCUT2D eigenvalue weighted by atomic mass is 10.1.